The van der Waals surface area contributed by atoms with E-state index < -0.39 is 10.0 Å². The molecule has 0 saturated heterocycles. The maximum absolute atomic E-state index is 11.9. The van der Waals surface area contributed by atoms with Crippen molar-refractivity contribution in [2.45, 2.75) is 4.90 Å². The second kappa shape index (κ2) is 5.46. The van der Waals surface area contributed by atoms with Crippen molar-refractivity contribution in [3.63, 3.8) is 0 Å². The lowest BCUT2D eigenvalue weighted by molar-refractivity contribution is 0.598. The first-order valence-electron chi connectivity index (χ1n) is 5.19. The number of hydrogen-bond donors (Lipinski definition) is 0. The number of benzene rings is 2. The Morgan fingerprint density at radius 2 is 1.56 bits per heavy atom. The molecule has 2 aromatic rings. The van der Waals surface area contributed by atoms with Gasteiger partial charge in [-0.05, 0) is 29.8 Å². The van der Waals surface area contributed by atoms with E-state index in [2.05, 4.69) is 20.3 Å². The molecule has 0 heterocycles. The predicted octanol–water partition coefficient (Wildman–Crippen LogP) is 3.26. The lowest BCUT2D eigenvalue weighted by Gasteiger charge is -1.97. The van der Waals surface area contributed by atoms with Crippen molar-refractivity contribution in [2.75, 3.05) is 0 Å². The lowest BCUT2D eigenvalue weighted by atomic mass is 10.2. The third kappa shape index (κ3) is 3.27. The Hall–Kier alpha value is -1.46. The van der Waals surface area contributed by atoms with Crippen LogP contribution < -0.4 is 0 Å². The zero-order valence-corrected chi connectivity index (χ0v) is 11.7. The maximum atomic E-state index is 11.9. The second-order valence-electron chi connectivity index (χ2n) is 3.57. The molecule has 0 unspecified atom stereocenters. The van der Waals surface area contributed by atoms with Crippen molar-refractivity contribution < 1.29 is 8.42 Å². The summed E-state index contributed by atoms with van der Waals surface area (Å²) in [4.78, 5) is 0.193. The highest BCUT2D eigenvalue weighted by Gasteiger charge is 2.09. The van der Waals surface area contributed by atoms with Crippen LogP contribution in [-0.2, 0) is 10.0 Å². The standard InChI is InChI=1S/C13H10BrNO2S/c14-12-8-6-11(7-9-12)10-15-18(16,17)13-4-2-1-3-5-13/h1-10H. The van der Waals surface area contributed by atoms with E-state index >= 15 is 0 Å². The van der Waals surface area contributed by atoms with Crippen molar-refractivity contribution in [1.29, 1.82) is 0 Å². The predicted molar refractivity (Wildman–Crippen MR) is 75.4 cm³/mol. The molecule has 0 amide bonds. The Labute approximate surface area is 114 Å². The van der Waals surface area contributed by atoms with Crippen LogP contribution >= 0.6 is 15.9 Å². The molecule has 0 aliphatic heterocycles. The van der Waals surface area contributed by atoms with E-state index in [0.29, 0.717) is 0 Å². The summed E-state index contributed by atoms with van der Waals surface area (Å²) in [5.74, 6) is 0. The number of hydrogen-bond acceptors (Lipinski definition) is 2. The molecule has 0 fully saturated rings. The average molecular weight is 324 g/mol. The van der Waals surface area contributed by atoms with Gasteiger partial charge >= 0.3 is 0 Å². The van der Waals surface area contributed by atoms with Gasteiger partial charge in [-0.2, -0.15) is 12.8 Å². The molecule has 2 aromatic carbocycles. The van der Waals surface area contributed by atoms with Crippen LogP contribution in [0.2, 0.25) is 0 Å². The van der Waals surface area contributed by atoms with E-state index in [0.717, 1.165) is 10.0 Å². The molecule has 0 aromatic heterocycles. The minimum atomic E-state index is -3.61. The normalized spacial score (nSPS) is 11.8. The van der Waals surface area contributed by atoms with Crippen LogP contribution in [0.15, 0.2) is 68.4 Å². The van der Waals surface area contributed by atoms with Crippen molar-refractivity contribution >= 4 is 32.2 Å². The van der Waals surface area contributed by atoms with Gasteiger partial charge in [-0.15, -0.1) is 0 Å². The van der Waals surface area contributed by atoms with Gasteiger partial charge in [0.15, 0.2) is 0 Å². The molecule has 2 rings (SSSR count). The molecule has 92 valence electrons. The molecule has 0 N–H and O–H groups in total. The minimum absolute atomic E-state index is 0.193. The maximum Gasteiger partial charge on any atom is 0.282 e. The summed E-state index contributed by atoms with van der Waals surface area (Å²) in [6.45, 7) is 0. The van der Waals surface area contributed by atoms with Crippen LogP contribution in [0.4, 0.5) is 0 Å². The zero-order chi connectivity index (χ0) is 13.0. The summed E-state index contributed by atoms with van der Waals surface area (Å²) in [6.07, 6.45) is 1.34. The van der Waals surface area contributed by atoms with E-state index in [4.69, 9.17) is 0 Å². The third-order valence-electron chi connectivity index (χ3n) is 2.25. The molecule has 0 bridgehead atoms. The van der Waals surface area contributed by atoms with Gasteiger partial charge in [-0.1, -0.05) is 46.3 Å². The smallest absolute Gasteiger partial charge is 0.199 e. The summed E-state index contributed by atoms with van der Waals surface area (Å²) in [5.41, 5.74) is 0.734. The molecule has 0 aliphatic carbocycles. The summed E-state index contributed by atoms with van der Waals surface area (Å²) < 4.78 is 28.3. The van der Waals surface area contributed by atoms with Crippen LogP contribution in [0.25, 0.3) is 0 Å². The molecule has 5 heteroatoms. The monoisotopic (exact) mass is 323 g/mol. The highest BCUT2D eigenvalue weighted by Crippen LogP contribution is 2.12. The van der Waals surface area contributed by atoms with Gasteiger partial charge in [0.1, 0.15) is 0 Å². The summed E-state index contributed by atoms with van der Waals surface area (Å²) in [6, 6.07) is 15.4. The van der Waals surface area contributed by atoms with Crippen LogP contribution in [0, 0.1) is 0 Å². The molecule has 0 aliphatic rings. The quantitative estimate of drug-likeness (QED) is 0.814. The molecule has 0 saturated carbocycles. The van der Waals surface area contributed by atoms with Crippen LogP contribution in [0.3, 0.4) is 0 Å². The summed E-state index contributed by atoms with van der Waals surface area (Å²) in [5, 5.41) is 0. The van der Waals surface area contributed by atoms with Gasteiger partial charge in [0.05, 0.1) is 4.90 Å². The largest absolute Gasteiger partial charge is 0.282 e. The van der Waals surface area contributed by atoms with Gasteiger partial charge in [0, 0.05) is 10.7 Å². The fourth-order valence-electron chi connectivity index (χ4n) is 1.33. The molecule has 0 atom stereocenters. The fourth-order valence-corrected chi connectivity index (χ4v) is 2.48. The van der Waals surface area contributed by atoms with Gasteiger partial charge in [-0.3, -0.25) is 0 Å². The minimum Gasteiger partial charge on any atom is -0.199 e. The SMILES string of the molecule is O=S(=O)(N=Cc1ccc(Br)cc1)c1ccccc1. The van der Waals surface area contributed by atoms with Gasteiger partial charge in [0.2, 0.25) is 0 Å². The van der Waals surface area contributed by atoms with E-state index in [9.17, 15) is 8.42 Å². The second-order valence-corrected chi connectivity index (χ2v) is 6.12. The first kappa shape index (κ1) is 13.0. The van der Waals surface area contributed by atoms with E-state index in [1.54, 1.807) is 30.3 Å². The van der Waals surface area contributed by atoms with Gasteiger partial charge < -0.3 is 0 Å². The van der Waals surface area contributed by atoms with Crippen molar-refractivity contribution in [3.05, 3.63) is 64.6 Å². The fraction of sp³-hybridized carbons (Fsp3) is 0. The number of sulfonamides is 1. The average Bonchev–Trinajstić information content (AvgIpc) is 2.39. The number of halogens is 1. The molecule has 18 heavy (non-hydrogen) atoms. The van der Waals surface area contributed by atoms with Gasteiger partial charge in [-0.25, -0.2) is 0 Å². The highest BCUT2D eigenvalue weighted by molar-refractivity contribution is 9.10. The Kier molecular flexibility index (Phi) is 3.93. The molecule has 0 radical (unpaired) electrons. The molecular formula is C13H10BrNO2S. The topological polar surface area (TPSA) is 46.5 Å². The Morgan fingerprint density at radius 3 is 2.17 bits per heavy atom. The summed E-state index contributed by atoms with van der Waals surface area (Å²) in [7, 11) is -3.61. The van der Waals surface area contributed by atoms with Crippen LogP contribution in [0.1, 0.15) is 5.56 Å². The van der Waals surface area contributed by atoms with Crippen molar-refractivity contribution in [2.24, 2.45) is 4.40 Å². The van der Waals surface area contributed by atoms with Crippen LogP contribution in [-0.4, -0.2) is 14.6 Å². The third-order valence-corrected chi connectivity index (χ3v) is 4.03. The molecular weight excluding hydrogens is 314 g/mol. The van der Waals surface area contributed by atoms with Gasteiger partial charge in [0.25, 0.3) is 10.0 Å². The number of nitrogens with zero attached hydrogens (tertiary/aromatic N) is 1. The zero-order valence-electron chi connectivity index (χ0n) is 9.32. The van der Waals surface area contributed by atoms with E-state index in [1.807, 2.05) is 12.1 Å². The van der Waals surface area contributed by atoms with Crippen LogP contribution in [0.5, 0.6) is 0 Å². The van der Waals surface area contributed by atoms with Crippen molar-refractivity contribution in [3.8, 4) is 0 Å². The van der Waals surface area contributed by atoms with E-state index in [-0.39, 0.29) is 4.90 Å². The first-order valence-corrected chi connectivity index (χ1v) is 7.42. The Morgan fingerprint density at radius 1 is 0.944 bits per heavy atom. The molecule has 0 spiro atoms. The Balaban J connectivity index is 2.26. The highest BCUT2D eigenvalue weighted by atomic mass is 79.9. The molecule has 3 nitrogen and oxygen atoms in total. The van der Waals surface area contributed by atoms with E-state index in [1.165, 1.54) is 18.3 Å². The first-order chi connectivity index (χ1) is 8.58. The van der Waals surface area contributed by atoms with Crippen molar-refractivity contribution in [1.82, 2.24) is 0 Å². The Bertz CT molecular complexity index is 649. The number of rotatable bonds is 3. The lowest BCUT2D eigenvalue weighted by Crippen LogP contribution is -1.97. The summed E-state index contributed by atoms with van der Waals surface area (Å²) >= 11 is 3.31.